The molecule has 1 atom stereocenters. The third-order valence-corrected chi connectivity index (χ3v) is 3.84. The first-order chi connectivity index (χ1) is 8.88. The van der Waals surface area contributed by atoms with Crippen molar-refractivity contribution in [2.24, 2.45) is 5.92 Å². The molecule has 0 spiro atoms. The zero-order valence-electron chi connectivity index (χ0n) is 11.6. The van der Waals surface area contributed by atoms with E-state index in [9.17, 15) is 0 Å². The molecule has 2 nitrogen and oxygen atoms in total. The highest BCUT2D eigenvalue weighted by Gasteiger charge is 2.21. The van der Waals surface area contributed by atoms with Gasteiger partial charge in [0.05, 0.1) is 0 Å². The zero-order chi connectivity index (χ0) is 12.6. The Labute approximate surface area is 111 Å². The van der Waals surface area contributed by atoms with Crippen molar-refractivity contribution in [3.63, 3.8) is 0 Å². The Morgan fingerprint density at radius 2 is 2.11 bits per heavy atom. The number of rotatable bonds is 7. The molecule has 2 heteroatoms. The van der Waals surface area contributed by atoms with Crippen LogP contribution in [-0.4, -0.2) is 37.6 Å². The largest absolute Gasteiger partial charge is 0.317 e. The lowest BCUT2D eigenvalue weighted by molar-refractivity contribution is 0.318. The maximum atomic E-state index is 3.47. The molecule has 1 aromatic carbocycles. The molecule has 1 heterocycles. The SMILES string of the molecule is CCNCC1CCN(CCCc2ccccc2)C1. The van der Waals surface area contributed by atoms with E-state index in [1.807, 2.05) is 0 Å². The minimum atomic E-state index is 0.877. The van der Waals surface area contributed by atoms with Gasteiger partial charge >= 0.3 is 0 Å². The van der Waals surface area contributed by atoms with Gasteiger partial charge in [-0.25, -0.2) is 0 Å². The minimum Gasteiger partial charge on any atom is -0.317 e. The van der Waals surface area contributed by atoms with Crippen LogP contribution in [0.1, 0.15) is 25.3 Å². The predicted molar refractivity (Wildman–Crippen MR) is 77.9 cm³/mol. The van der Waals surface area contributed by atoms with Gasteiger partial charge in [-0.15, -0.1) is 0 Å². The number of nitrogens with zero attached hydrogens (tertiary/aromatic N) is 1. The lowest BCUT2D eigenvalue weighted by Crippen LogP contribution is -2.27. The molecule has 1 N–H and O–H groups in total. The maximum absolute atomic E-state index is 3.47. The van der Waals surface area contributed by atoms with Crippen LogP contribution in [-0.2, 0) is 6.42 Å². The van der Waals surface area contributed by atoms with Crippen LogP contribution < -0.4 is 5.32 Å². The van der Waals surface area contributed by atoms with E-state index >= 15 is 0 Å². The molecule has 0 aromatic heterocycles. The number of hydrogen-bond acceptors (Lipinski definition) is 2. The molecule has 0 radical (unpaired) electrons. The van der Waals surface area contributed by atoms with Crippen molar-refractivity contribution in [1.82, 2.24) is 10.2 Å². The molecule has 1 unspecified atom stereocenters. The molecular weight excluding hydrogens is 220 g/mol. The number of hydrogen-bond donors (Lipinski definition) is 1. The molecule has 0 bridgehead atoms. The van der Waals surface area contributed by atoms with Crippen LogP contribution in [0, 0.1) is 5.92 Å². The van der Waals surface area contributed by atoms with Crippen molar-refractivity contribution in [2.75, 3.05) is 32.7 Å². The second-order valence-corrected chi connectivity index (χ2v) is 5.35. The minimum absolute atomic E-state index is 0.877. The summed E-state index contributed by atoms with van der Waals surface area (Å²) in [4.78, 5) is 2.63. The highest BCUT2D eigenvalue weighted by Crippen LogP contribution is 2.16. The van der Waals surface area contributed by atoms with Crippen molar-refractivity contribution in [3.8, 4) is 0 Å². The van der Waals surface area contributed by atoms with Crippen molar-refractivity contribution in [1.29, 1.82) is 0 Å². The summed E-state index contributed by atoms with van der Waals surface area (Å²) in [6.07, 6.45) is 3.88. The monoisotopic (exact) mass is 246 g/mol. The fraction of sp³-hybridized carbons (Fsp3) is 0.625. The Morgan fingerprint density at radius 1 is 1.28 bits per heavy atom. The Hall–Kier alpha value is -0.860. The lowest BCUT2D eigenvalue weighted by atomic mass is 10.1. The summed E-state index contributed by atoms with van der Waals surface area (Å²) in [5.41, 5.74) is 1.47. The number of aryl methyl sites for hydroxylation is 1. The van der Waals surface area contributed by atoms with E-state index in [0.29, 0.717) is 0 Å². The van der Waals surface area contributed by atoms with Gasteiger partial charge < -0.3 is 10.2 Å². The summed E-state index contributed by atoms with van der Waals surface area (Å²) < 4.78 is 0. The van der Waals surface area contributed by atoms with Gasteiger partial charge in [0.1, 0.15) is 0 Å². The van der Waals surface area contributed by atoms with Crippen LogP contribution in [0.25, 0.3) is 0 Å². The van der Waals surface area contributed by atoms with Gasteiger partial charge in [-0.3, -0.25) is 0 Å². The number of nitrogens with one attached hydrogen (secondary N) is 1. The third-order valence-electron chi connectivity index (χ3n) is 3.84. The molecule has 18 heavy (non-hydrogen) atoms. The Balaban J connectivity index is 1.60. The first-order valence-corrected chi connectivity index (χ1v) is 7.35. The van der Waals surface area contributed by atoms with E-state index < -0.39 is 0 Å². The average molecular weight is 246 g/mol. The van der Waals surface area contributed by atoms with Crippen molar-refractivity contribution in [3.05, 3.63) is 35.9 Å². The smallest absolute Gasteiger partial charge is 0.00223 e. The topological polar surface area (TPSA) is 15.3 Å². The average Bonchev–Trinajstić information content (AvgIpc) is 2.85. The van der Waals surface area contributed by atoms with Crippen LogP contribution in [0.2, 0.25) is 0 Å². The van der Waals surface area contributed by atoms with Crippen LogP contribution in [0.3, 0.4) is 0 Å². The first kappa shape index (κ1) is 13.6. The number of likely N-dealkylation sites (tertiary alicyclic amines) is 1. The van der Waals surface area contributed by atoms with Gasteiger partial charge in [0.15, 0.2) is 0 Å². The van der Waals surface area contributed by atoms with Crippen LogP contribution in [0.5, 0.6) is 0 Å². The molecule has 1 aliphatic heterocycles. The van der Waals surface area contributed by atoms with E-state index in [1.165, 1.54) is 51.0 Å². The van der Waals surface area contributed by atoms with Crippen LogP contribution >= 0.6 is 0 Å². The highest BCUT2D eigenvalue weighted by molar-refractivity contribution is 5.14. The summed E-state index contributed by atoms with van der Waals surface area (Å²) in [6.45, 7) is 8.34. The summed E-state index contributed by atoms with van der Waals surface area (Å²) >= 11 is 0. The van der Waals surface area contributed by atoms with Gasteiger partial charge in [0, 0.05) is 6.54 Å². The van der Waals surface area contributed by atoms with E-state index in [1.54, 1.807) is 0 Å². The molecule has 0 amide bonds. The number of benzene rings is 1. The molecular formula is C16H26N2. The van der Waals surface area contributed by atoms with Crippen molar-refractivity contribution >= 4 is 0 Å². The third kappa shape index (κ3) is 4.43. The fourth-order valence-corrected chi connectivity index (χ4v) is 2.78. The summed E-state index contributed by atoms with van der Waals surface area (Å²) in [5, 5.41) is 3.47. The Morgan fingerprint density at radius 3 is 2.89 bits per heavy atom. The quantitative estimate of drug-likeness (QED) is 0.795. The van der Waals surface area contributed by atoms with Gasteiger partial charge in [-0.05, 0) is 56.9 Å². The van der Waals surface area contributed by atoms with E-state index in [2.05, 4.69) is 47.5 Å². The van der Waals surface area contributed by atoms with E-state index in [-0.39, 0.29) is 0 Å². The molecule has 1 aliphatic rings. The second-order valence-electron chi connectivity index (χ2n) is 5.35. The Bertz CT molecular complexity index is 323. The van der Waals surface area contributed by atoms with Gasteiger partial charge in [-0.2, -0.15) is 0 Å². The molecule has 1 saturated heterocycles. The van der Waals surface area contributed by atoms with E-state index in [0.717, 1.165) is 12.5 Å². The molecule has 0 aliphatic carbocycles. The first-order valence-electron chi connectivity index (χ1n) is 7.35. The van der Waals surface area contributed by atoms with Crippen molar-refractivity contribution in [2.45, 2.75) is 26.2 Å². The van der Waals surface area contributed by atoms with Gasteiger partial charge in [0.2, 0.25) is 0 Å². The molecule has 100 valence electrons. The highest BCUT2D eigenvalue weighted by atomic mass is 15.1. The van der Waals surface area contributed by atoms with Crippen LogP contribution in [0.15, 0.2) is 30.3 Å². The van der Waals surface area contributed by atoms with E-state index in [4.69, 9.17) is 0 Å². The Kier molecular flexibility index (Phi) is 5.69. The molecule has 0 saturated carbocycles. The predicted octanol–water partition coefficient (Wildman–Crippen LogP) is 2.55. The summed E-state index contributed by atoms with van der Waals surface area (Å²) in [5.74, 6) is 0.877. The van der Waals surface area contributed by atoms with Crippen molar-refractivity contribution < 1.29 is 0 Å². The maximum Gasteiger partial charge on any atom is 0.00223 e. The molecule has 2 rings (SSSR count). The summed E-state index contributed by atoms with van der Waals surface area (Å²) in [7, 11) is 0. The van der Waals surface area contributed by atoms with Crippen LogP contribution in [0.4, 0.5) is 0 Å². The van der Waals surface area contributed by atoms with Gasteiger partial charge in [-0.1, -0.05) is 37.3 Å². The normalized spacial score (nSPS) is 20.4. The lowest BCUT2D eigenvalue weighted by Gasteiger charge is -2.16. The zero-order valence-corrected chi connectivity index (χ0v) is 11.6. The van der Waals surface area contributed by atoms with Gasteiger partial charge in [0.25, 0.3) is 0 Å². The fourth-order valence-electron chi connectivity index (χ4n) is 2.78. The second kappa shape index (κ2) is 7.55. The standard InChI is InChI=1S/C16H26N2/c1-2-17-13-16-10-12-18(14-16)11-6-9-15-7-4-3-5-8-15/h3-5,7-8,16-17H,2,6,9-14H2,1H3. The molecule has 1 aromatic rings. The molecule has 1 fully saturated rings. The summed E-state index contributed by atoms with van der Waals surface area (Å²) in [6, 6.07) is 10.8.